The molecule has 20 heavy (non-hydrogen) atoms. The highest BCUT2D eigenvalue weighted by atomic mass is 16.6. The zero-order valence-electron chi connectivity index (χ0n) is 12.9. The van der Waals surface area contributed by atoms with Gasteiger partial charge in [0.2, 0.25) is 0 Å². The molecule has 1 heterocycles. The van der Waals surface area contributed by atoms with E-state index in [9.17, 15) is 4.79 Å². The second kappa shape index (κ2) is 4.94. The number of carbonyl (C=O) groups is 1. The highest BCUT2D eigenvalue weighted by molar-refractivity contribution is 5.95. The Morgan fingerprint density at radius 3 is 2.35 bits per heavy atom. The van der Waals surface area contributed by atoms with Crippen LogP contribution in [0.1, 0.15) is 13.8 Å². The fourth-order valence-corrected chi connectivity index (χ4v) is 2.20. The number of cyclic esters (lactones) is 1. The van der Waals surface area contributed by atoms with Gasteiger partial charge in [0.05, 0.1) is 39.1 Å². The molecule has 0 spiro atoms. The summed E-state index contributed by atoms with van der Waals surface area (Å²) >= 11 is 0. The monoisotopic (exact) mass is 275 g/mol. The molecule has 4 heteroatoms. The zero-order chi connectivity index (χ0) is 15.0. The van der Waals surface area contributed by atoms with E-state index < -0.39 is 5.60 Å². The molecule has 0 radical (unpaired) electrons. The van der Waals surface area contributed by atoms with Crippen molar-refractivity contribution in [3.8, 4) is 0 Å². The molecule has 1 aliphatic rings. The second-order valence-electron chi connectivity index (χ2n) is 6.61. The van der Waals surface area contributed by atoms with E-state index in [-0.39, 0.29) is 6.09 Å². The van der Waals surface area contributed by atoms with Gasteiger partial charge in [-0.1, -0.05) is 18.2 Å². The van der Waals surface area contributed by atoms with Crippen LogP contribution < -0.4 is 4.90 Å². The first kappa shape index (κ1) is 14.6. The summed E-state index contributed by atoms with van der Waals surface area (Å²) in [6.45, 7) is 4.68. The van der Waals surface area contributed by atoms with Crippen molar-refractivity contribution in [1.82, 2.24) is 0 Å². The molecule has 0 saturated carbocycles. The van der Waals surface area contributed by atoms with Crippen LogP contribution in [0.5, 0.6) is 0 Å². The second-order valence-corrected chi connectivity index (χ2v) is 6.61. The molecule has 2 rings (SSSR count). The molecule has 1 amide bonds. The van der Waals surface area contributed by atoms with Crippen LogP contribution in [0.2, 0.25) is 0 Å². The van der Waals surface area contributed by atoms with Gasteiger partial charge in [0.1, 0.15) is 5.60 Å². The van der Waals surface area contributed by atoms with Crippen LogP contribution in [0.15, 0.2) is 42.1 Å². The summed E-state index contributed by atoms with van der Waals surface area (Å²) in [5, 5.41) is 0. The van der Waals surface area contributed by atoms with E-state index in [1.54, 1.807) is 4.90 Å². The van der Waals surface area contributed by atoms with Gasteiger partial charge in [-0.25, -0.2) is 9.69 Å². The first-order chi connectivity index (χ1) is 9.21. The summed E-state index contributed by atoms with van der Waals surface area (Å²) in [4.78, 5) is 13.8. The number of para-hydroxylation sites is 1. The van der Waals surface area contributed by atoms with Gasteiger partial charge in [-0.3, -0.25) is 0 Å². The van der Waals surface area contributed by atoms with Crippen molar-refractivity contribution < 1.29 is 14.0 Å². The Bertz CT molecular complexity index is 527. The van der Waals surface area contributed by atoms with Crippen LogP contribution in [0.25, 0.3) is 0 Å². The predicted octanol–water partition coefficient (Wildman–Crippen LogP) is 3.01. The van der Waals surface area contributed by atoms with Crippen LogP contribution in [-0.4, -0.2) is 43.9 Å². The number of anilines is 1. The van der Waals surface area contributed by atoms with Crippen molar-refractivity contribution >= 4 is 11.8 Å². The molecule has 1 aromatic rings. The fraction of sp³-hybridized carbons (Fsp3) is 0.438. The average Bonchev–Trinajstić information content (AvgIpc) is 2.56. The van der Waals surface area contributed by atoms with E-state index in [1.165, 1.54) is 0 Å². The number of likely N-dealkylation sites (N-methyl/N-ethyl adjacent to an activating group) is 1. The van der Waals surface area contributed by atoms with Gasteiger partial charge in [-0.15, -0.1) is 0 Å². The van der Waals surface area contributed by atoms with E-state index in [2.05, 4.69) is 27.2 Å². The number of rotatable bonds is 3. The van der Waals surface area contributed by atoms with Crippen molar-refractivity contribution in [2.45, 2.75) is 19.4 Å². The molecule has 1 aliphatic heterocycles. The van der Waals surface area contributed by atoms with Gasteiger partial charge < -0.3 is 9.22 Å². The molecule has 108 valence electrons. The lowest BCUT2D eigenvalue weighted by Crippen LogP contribution is -2.36. The summed E-state index contributed by atoms with van der Waals surface area (Å²) < 4.78 is 6.31. The minimum absolute atomic E-state index is 0.311. The van der Waals surface area contributed by atoms with E-state index in [1.807, 2.05) is 44.2 Å². The van der Waals surface area contributed by atoms with E-state index in [0.717, 1.165) is 22.4 Å². The smallest absolute Gasteiger partial charge is 0.419 e. The van der Waals surface area contributed by atoms with Gasteiger partial charge in [-0.2, -0.15) is 0 Å². The number of hydrogen-bond acceptors (Lipinski definition) is 2. The van der Waals surface area contributed by atoms with E-state index in [0.29, 0.717) is 0 Å². The Labute approximate surface area is 120 Å². The number of benzene rings is 1. The molecule has 0 unspecified atom stereocenters. The maximum absolute atomic E-state index is 12.2. The third-order valence-electron chi connectivity index (χ3n) is 3.23. The van der Waals surface area contributed by atoms with Crippen LogP contribution >= 0.6 is 0 Å². The Hall–Kier alpha value is -1.81. The van der Waals surface area contributed by atoms with Crippen LogP contribution in [0.3, 0.4) is 0 Å². The van der Waals surface area contributed by atoms with Crippen molar-refractivity contribution in [3.63, 3.8) is 0 Å². The van der Waals surface area contributed by atoms with Gasteiger partial charge in [0.25, 0.3) is 0 Å². The number of quaternary nitrogens is 1. The normalized spacial score (nSPS) is 20.4. The lowest BCUT2D eigenvalue weighted by atomic mass is 10.0. The molecule has 0 bridgehead atoms. The topological polar surface area (TPSA) is 29.5 Å². The van der Waals surface area contributed by atoms with Crippen molar-refractivity contribution in [2.75, 3.05) is 32.6 Å². The summed E-state index contributed by atoms with van der Waals surface area (Å²) in [6.07, 6.45) is 1.78. The zero-order valence-corrected chi connectivity index (χ0v) is 12.9. The van der Waals surface area contributed by atoms with Crippen LogP contribution in [-0.2, 0) is 4.74 Å². The van der Waals surface area contributed by atoms with Crippen LogP contribution in [0.4, 0.5) is 10.5 Å². The molecule has 0 aromatic heterocycles. The number of amides is 1. The van der Waals surface area contributed by atoms with Crippen molar-refractivity contribution in [3.05, 3.63) is 42.1 Å². The molecular weight excluding hydrogens is 252 g/mol. The largest absolute Gasteiger partial charge is 0.436 e. The Kier molecular flexibility index (Phi) is 3.61. The summed E-state index contributed by atoms with van der Waals surface area (Å²) in [6, 6.07) is 9.62. The van der Waals surface area contributed by atoms with Crippen molar-refractivity contribution in [2.24, 2.45) is 0 Å². The van der Waals surface area contributed by atoms with Gasteiger partial charge in [-0.05, 0) is 32.1 Å². The average molecular weight is 275 g/mol. The number of ether oxygens (including phenoxy) is 1. The standard InChI is InChI=1S/C16H23N2O2/c1-16(2)14(11-12-18(3,4)5)17(15(19)20-16)13-9-7-6-8-10-13/h6-11H,12H2,1-5H3/q+1. The Balaban J connectivity index is 2.40. The summed E-state index contributed by atoms with van der Waals surface area (Å²) in [5.74, 6) is 0. The molecule has 0 atom stereocenters. The maximum atomic E-state index is 12.2. The maximum Gasteiger partial charge on any atom is 0.419 e. The minimum atomic E-state index is -0.595. The van der Waals surface area contributed by atoms with E-state index >= 15 is 0 Å². The molecule has 4 nitrogen and oxygen atoms in total. The fourth-order valence-electron chi connectivity index (χ4n) is 2.20. The molecule has 1 aromatic carbocycles. The predicted molar refractivity (Wildman–Crippen MR) is 80.5 cm³/mol. The highest BCUT2D eigenvalue weighted by Gasteiger charge is 2.44. The van der Waals surface area contributed by atoms with Gasteiger partial charge >= 0.3 is 6.09 Å². The lowest BCUT2D eigenvalue weighted by molar-refractivity contribution is -0.864. The summed E-state index contributed by atoms with van der Waals surface area (Å²) in [7, 11) is 6.36. The molecule has 0 aliphatic carbocycles. The minimum Gasteiger partial charge on any atom is -0.436 e. The third-order valence-corrected chi connectivity index (χ3v) is 3.23. The van der Waals surface area contributed by atoms with Gasteiger partial charge in [0.15, 0.2) is 0 Å². The SMILES string of the molecule is CC1(C)OC(=O)N(c2ccccc2)C1=CC[N+](C)(C)C. The third kappa shape index (κ3) is 3.02. The van der Waals surface area contributed by atoms with Crippen LogP contribution in [0, 0.1) is 0 Å². The first-order valence-corrected chi connectivity index (χ1v) is 6.80. The number of nitrogens with zero attached hydrogens (tertiary/aromatic N) is 2. The molecule has 0 N–H and O–H groups in total. The quantitative estimate of drug-likeness (QED) is 0.794. The highest BCUT2D eigenvalue weighted by Crippen LogP contribution is 2.36. The Morgan fingerprint density at radius 1 is 1.20 bits per heavy atom. The number of hydrogen-bond donors (Lipinski definition) is 0. The molecule has 1 fully saturated rings. The number of carbonyl (C=O) groups excluding carboxylic acids is 1. The molecule has 1 saturated heterocycles. The Morgan fingerprint density at radius 2 is 1.80 bits per heavy atom. The summed E-state index contributed by atoms with van der Waals surface area (Å²) in [5.41, 5.74) is 1.15. The molecular formula is C16H23N2O2+. The van der Waals surface area contributed by atoms with E-state index in [4.69, 9.17) is 4.74 Å². The van der Waals surface area contributed by atoms with Crippen molar-refractivity contribution in [1.29, 1.82) is 0 Å². The van der Waals surface area contributed by atoms with Gasteiger partial charge in [0, 0.05) is 0 Å². The lowest BCUT2D eigenvalue weighted by Gasteiger charge is -2.25. The first-order valence-electron chi connectivity index (χ1n) is 6.80.